The first-order valence-electron chi connectivity index (χ1n) is 17.8. The van der Waals surface area contributed by atoms with Gasteiger partial charge in [0.05, 0.1) is 17.8 Å². The second-order valence-electron chi connectivity index (χ2n) is 14.4. The molecule has 0 bridgehead atoms. The van der Waals surface area contributed by atoms with E-state index in [-0.39, 0.29) is 68.8 Å². The van der Waals surface area contributed by atoms with Crippen molar-refractivity contribution in [1.82, 2.24) is 24.7 Å². The number of carboxylic acid groups (broad SMARTS) is 1. The van der Waals surface area contributed by atoms with Crippen molar-refractivity contribution in [3.05, 3.63) is 89.9 Å². The first-order chi connectivity index (χ1) is 26.0. The first kappa shape index (κ1) is 42.1. The number of carbonyl (C=O) groups is 6. The molecule has 0 radical (unpaired) electrons. The van der Waals surface area contributed by atoms with Crippen LogP contribution in [0.25, 0.3) is 11.3 Å². The lowest BCUT2D eigenvalue weighted by atomic mass is 9.84. The minimum absolute atomic E-state index is 0.0111. The molecule has 0 spiro atoms. The molecule has 14 nitrogen and oxygen atoms in total. The van der Waals surface area contributed by atoms with Gasteiger partial charge in [0.1, 0.15) is 35.9 Å². The van der Waals surface area contributed by atoms with Crippen LogP contribution in [0.15, 0.2) is 66.9 Å². The van der Waals surface area contributed by atoms with Crippen LogP contribution in [0.5, 0.6) is 0 Å². The Morgan fingerprint density at radius 1 is 0.982 bits per heavy atom. The number of Topliss-reactive ketones (excluding diaryl/α,β-unsaturated/α-hetero) is 1. The predicted octanol–water partition coefficient (Wildman–Crippen LogP) is 3.13. The maximum absolute atomic E-state index is 15.0. The highest BCUT2D eigenvalue weighted by Crippen LogP contribution is 2.39. The van der Waals surface area contributed by atoms with Crippen molar-refractivity contribution in [2.24, 2.45) is 11.1 Å². The molecule has 1 aliphatic rings. The van der Waals surface area contributed by atoms with E-state index in [1.54, 1.807) is 10.8 Å². The second kappa shape index (κ2) is 18.6. The van der Waals surface area contributed by atoms with E-state index in [9.17, 15) is 47.8 Å². The molecule has 294 valence electrons. The largest absolute Gasteiger partial charge is 0.480 e. The Bertz CT molecular complexity index is 1910. The second-order valence-corrected chi connectivity index (χ2v) is 14.4. The molecule has 5 N–H and O–H groups in total. The van der Waals surface area contributed by atoms with Gasteiger partial charge in [-0.2, -0.15) is 0 Å². The summed E-state index contributed by atoms with van der Waals surface area (Å²) in [5.41, 5.74) is 6.29. The molecule has 0 saturated carbocycles. The van der Waals surface area contributed by atoms with E-state index in [1.165, 1.54) is 4.90 Å². The zero-order chi connectivity index (χ0) is 40.4. The summed E-state index contributed by atoms with van der Waals surface area (Å²) in [6, 6.07) is 8.58. The third-order valence-corrected chi connectivity index (χ3v) is 9.12. The van der Waals surface area contributed by atoms with Gasteiger partial charge in [-0.25, -0.2) is 18.6 Å². The van der Waals surface area contributed by atoms with Crippen LogP contribution in [-0.4, -0.2) is 96.7 Å². The normalized spacial score (nSPS) is 14.5. The Hall–Kier alpha value is -5.61. The van der Waals surface area contributed by atoms with Gasteiger partial charge in [-0.05, 0) is 48.4 Å². The average Bonchev–Trinajstić information content (AvgIpc) is 3.69. The summed E-state index contributed by atoms with van der Waals surface area (Å²) in [5.74, 6) is -5.32. The van der Waals surface area contributed by atoms with E-state index in [2.05, 4.69) is 5.32 Å². The van der Waals surface area contributed by atoms with Gasteiger partial charge in [0.25, 0.3) is 11.8 Å². The van der Waals surface area contributed by atoms with Crippen LogP contribution in [0.2, 0.25) is 0 Å². The molecule has 4 rings (SSSR count). The summed E-state index contributed by atoms with van der Waals surface area (Å²) in [4.78, 5) is 81.5. The lowest BCUT2D eigenvalue weighted by Gasteiger charge is -2.40. The van der Waals surface area contributed by atoms with Crippen molar-refractivity contribution >= 4 is 35.4 Å². The average molecular weight is 765 g/mol. The number of ketones is 1. The molecule has 16 heteroatoms. The molecule has 0 aliphatic carbocycles. The van der Waals surface area contributed by atoms with Crippen molar-refractivity contribution in [2.45, 2.75) is 77.5 Å². The van der Waals surface area contributed by atoms with Crippen LogP contribution in [0.4, 0.5) is 8.78 Å². The van der Waals surface area contributed by atoms with E-state index < -0.39 is 71.4 Å². The Balaban J connectivity index is 1.50. The quantitative estimate of drug-likeness (QED) is 0.131. The minimum atomic E-state index is -1.46. The Morgan fingerprint density at radius 3 is 2.27 bits per heavy atom. The van der Waals surface area contributed by atoms with E-state index in [4.69, 9.17) is 10.7 Å². The third-order valence-electron chi connectivity index (χ3n) is 9.12. The zero-order valence-corrected chi connectivity index (χ0v) is 30.9. The maximum Gasteiger partial charge on any atom is 0.326 e. The Kier molecular flexibility index (Phi) is 14.3. The number of benzene rings is 2. The molecule has 3 atom stereocenters. The fourth-order valence-electron chi connectivity index (χ4n) is 6.32. The van der Waals surface area contributed by atoms with Crippen LogP contribution in [-0.2, 0) is 35.3 Å². The first-order valence-corrected chi connectivity index (χ1v) is 17.8. The van der Waals surface area contributed by atoms with Gasteiger partial charge in [0.15, 0.2) is 0 Å². The number of aliphatic carboxylic acids is 1. The Morgan fingerprint density at radius 2 is 1.65 bits per heavy atom. The highest BCUT2D eigenvalue weighted by molar-refractivity contribution is 6.12. The molecule has 1 aromatic heterocycles. The fourth-order valence-corrected chi connectivity index (χ4v) is 6.32. The van der Waals surface area contributed by atoms with Gasteiger partial charge in [0, 0.05) is 56.4 Å². The molecular weight excluding hydrogens is 718 g/mol. The molecule has 55 heavy (non-hydrogen) atoms. The van der Waals surface area contributed by atoms with E-state index in [0.717, 1.165) is 40.8 Å². The molecule has 3 aromatic rings. The summed E-state index contributed by atoms with van der Waals surface area (Å²) in [6.07, 6.45) is 3.40. The monoisotopic (exact) mass is 764 g/mol. The fraction of sp³-hybridized carbons (Fsp3) is 0.410. The van der Waals surface area contributed by atoms with Crippen LogP contribution < -0.4 is 11.1 Å². The van der Waals surface area contributed by atoms with Crippen molar-refractivity contribution in [1.29, 1.82) is 0 Å². The molecule has 2 aromatic carbocycles. The summed E-state index contributed by atoms with van der Waals surface area (Å²) in [5, 5.41) is 22.2. The number of amides is 4. The number of hydrogen-bond donors (Lipinski definition) is 4. The Labute approximate surface area is 317 Å². The van der Waals surface area contributed by atoms with Gasteiger partial charge in [-0.3, -0.25) is 28.9 Å². The van der Waals surface area contributed by atoms with E-state index >= 15 is 0 Å². The molecule has 2 heterocycles. The van der Waals surface area contributed by atoms with Crippen LogP contribution in [0, 0.1) is 17.0 Å². The number of aliphatic hydroxyl groups excluding tert-OH is 1. The lowest BCUT2D eigenvalue weighted by molar-refractivity contribution is -0.142. The van der Waals surface area contributed by atoms with Crippen molar-refractivity contribution in [3.8, 4) is 11.3 Å². The van der Waals surface area contributed by atoms with Crippen LogP contribution in [0.3, 0.4) is 0 Å². The van der Waals surface area contributed by atoms with E-state index in [0.29, 0.717) is 5.82 Å². The zero-order valence-electron chi connectivity index (χ0n) is 30.9. The molecule has 4 amide bonds. The van der Waals surface area contributed by atoms with Crippen molar-refractivity contribution < 1.29 is 47.8 Å². The van der Waals surface area contributed by atoms with Gasteiger partial charge in [-0.15, -0.1) is 0 Å². The number of aliphatic hydroxyl groups is 1. The maximum atomic E-state index is 15.0. The standard InChI is InChI=1S/C39H46F2N6O8/c1-39(2,3)35(36-43-31(27-20-25(40)11-13-28(27)41)22-45(36)21-24-8-5-4-6-9-24)47(34(52)23-48)19-17-29(42)37(53)44-30(38(54)55)14-12-26(49)10-7-18-46-32(50)15-16-33(46)51/h4-6,8-9,11,13,15-16,20,22,29-30,35,48H,7,10,12,14,17-19,21,23,42H2,1-3H3,(H,44,53)(H,54,55)/t29-,30-,35-/m0/s1. The number of carboxylic acids is 1. The third kappa shape index (κ3) is 11.2. The smallest absolute Gasteiger partial charge is 0.326 e. The number of aromatic nitrogens is 2. The van der Waals surface area contributed by atoms with Gasteiger partial charge in [-0.1, -0.05) is 51.1 Å². The van der Waals surface area contributed by atoms with Gasteiger partial charge < -0.3 is 30.7 Å². The molecule has 0 saturated heterocycles. The van der Waals surface area contributed by atoms with Crippen LogP contribution in [0.1, 0.15) is 70.3 Å². The van der Waals surface area contributed by atoms with Gasteiger partial charge >= 0.3 is 5.97 Å². The number of carbonyl (C=O) groups excluding carboxylic acids is 5. The molecule has 0 fully saturated rings. The predicted molar refractivity (Wildman–Crippen MR) is 196 cm³/mol. The number of hydrogen-bond acceptors (Lipinski definition) is 9. The van der Waals surface area contributed by atoms with Crippen LogP contribution >= 0.6 is 0 Å². The molecular formula is C39H46F2N6O8. The number of rotatable bonds is 19. The SMILES string of the molecule is CC(C)(C)[C@H](c1nc(-c2cc(F)ccc2F)cn1Cc1ccccc1)N(CC[C@H](N)C(=O)N[C@@H](CCC(=O)CCCN1C(=O)C=CC1=O)C(=O)O)C(=O)CO. The highest BCUT2D eigenvalue weighted by atomic mass is 19.1. The number of halogens is 2. The minimum Gasteiger partial charge on any atom is -0.480 e. The number of nitrogens with two attached hydrogens (primary N) is 1. The lowest BCUT2D eigenvalue weighted by Crippen LogP contribution is -2.50. The summed E-state index contributed by atoms with van der Waals surface area (Å²) < 4.78 is 31.0. The number of imide groups is 1. The van der Waals surface area contributed by atoms with Gasteiger partial charge in [0.2, 0.25) is 11.8 Å². The topological polar surface area (TPSA) is 205 Å². The number of nitrogens with zero attached hydrogens (tertiary/aromatic N) is 4. The summed E-state index contributed by atoms with van der Waals surface area (Å²) in [6.45, 7) is 4.66. The molecule has 1 aliphatic heterocycles. The molecule has 0 unspecified atom stereocenters. The van der Waals surface area contributed by atoms with Crippen molar-refractivity contribution in [2.75, 3.05) is 19.7 Å². The highest BCUT2D eigenvalue weighted by Gasteiger charge is 2.39. The van der Waals surface area contributed by atoms with E-state index in [1.807, 2.05) is 51.1 Å². The number of nitrogens with one attached hydrogen (secondary N) is 1. The summed E-state index contributed by atoms with van der Waals surface area (Å²) >= 11 is 0. The van der Waals surface area contributed by atoms with Crippen molar-refractivity contribution in [3.63, 3.8) is 0 Å². The summed E-state index contributed by atoms with van der Waals surface area (Å²) in [7, 11) is 0. The number of imidazole rings is 1.